The van der Waals surface area contributed by atoms with Crippen molar-refractivity contribution in [3.8, 4) is 0 Å². The van der Waals surface area contributed by atoms with Crippen LogP contribution >= 0.6 is 0 Å². The highest BCUT2D eigenvalue weighted by molar-refractivity contribution is 6.00. The number of fused-ring (bicyclic) bond motifs is 1. The third kappa shape index (κ3) is 1.62. The molecular weight excluding hydrogens is 180 g/mol. The molecule has 1 aromatic carbocycles. The van der Waals surface area contributed by atoms with Crippen molar-refractivity contribution in [1.29, 1.82) is 0 Å². The lowest BCUT2D eigenvalue weighted by molar-refractivity contribution is -0.115. The van der Waals surface area contributed by atoms with Crippen LogP contribution in [0.3, 0.4) is 0 Å². The molecule has 0 saturated heterocycles. The van der Waals surface area contributed by atoms with E-state index in [1.165, 1.54) is 0 Å². The zero-order chi connectivity index (χ0) is 9.97. The van der Waals surface area contributed by atoms with Gasteiger partial charge in [-0.2, -0.15) is 0 Å². The molecule has 0 bridgehead atoms. The number of benzene rings is 1. The molecule has 74 valence electrons. The second-order valence-corrected chi connectivity index (χ2v) is 3.30. The minimum Gasteiger partial charge on any atom is -0.325 e. The van der Waals surface area contributed by atoms with Crippen LogP contribution in [0.1, 0.15) is 11.1 Å². The fourth-order valence-corrected chi connectivity index (χ4v) is 1.69. The van der Waals surface area contributed by atoms with E-state index < -0.39 is 0 Å². The van der Waals surface area contributed by atoms with Crippen molar-refractivity contribution in [3.63, 3.8) is 0 Å². The Bertz CT molecular complexity index is 363. The molecule has 4 heteroatoms. The van der Waals surface area contributed by atoms with Crippen LogP contribution < -0.4 is 11.2 Å². The third-order valence-electron chi connectivity index (χ3n) is 2.34. The number of para-hydroxylation sites is 1. The number of nitrogens with one attached hydrogen (secondary N) is 1. The monoisotopic (exact) mass is 192 g/mol. The predicted octanol–water partition coefficient (Wildman–Crippen LogP) is 0.614. The second-order valence-electron chi connectivity index (χ2n) is 3.30. The lowest BCUT2D eigenvalue weighted by Crippen LogP contribution is -2.07. The van der Waals surface area contributed by atoms with E-state index in [0.29, 0.717) is 13.0 Å². The number of amides is 1. The van der Waals surface area contributed by atoms with E-state index in [-0.39, 0.29) is 5.91 Å². The van der Waals surface area contributed by atoms with Crippen molar-refractivity contribution in [3.05, 3.63) is 29.3 Å². The van der Waals surface area contributed by atoms with Gasteiger partial charge >= 0.3 is 0 Å². The average molecular weight is 192 g/mol. The van der Waals surface area contributed by atoms with Gasteiger partial charge in [0.2, 0.25) is 5.91 Å². The quantitative estimate of drug-likeness (QED) is 0.690. The van der Waals surface area contributed by atoms with Crippen LogP contribution in [0.25, 0.3) is 0 Å². The van der Waals surface area contributed by atoms with Gasteiger partial charge in [-0.25, -0.2) is 5.90 Å². The lowest BCUT2D eigenvalue weighted by Gasteiger charge is -2.06. The highest BCUT2D eigenvalue weighted by Gasteiger charge is 2.19. The molecule has 0 radical (unpaired) electrons. The number of nitrogens with two attached hydrogens (primary N) is 1. The van der Waals surface area contributed by atoms with Crippen molar-refractivity contribution in [2.75, 3.05) is 11.9 Å². The van der Waals surface area contributed by atoms with Crippen LogP contribution in [-0.4, -0.2) is 12.5 Å². The Labute approximate surface area is 82.0 Å². The maximum atomic E-state index is 11.2. The lowest BCUT2D eigenvalue weighted by atomic mass is 10.1. The number of carbonyl (C=O) groups is 1. The first-order chi connectivity index (χ1) is 6.81. The standard InChI is InChI=1S/C10H12N2O2/c11-14-5-4-7-2-1-3-8-6-9(13)12-10(7)8/h1-3H,4-6,11H2,(H,12,13). The summed E-state index contributed by atoms with van der Waals surface area (Å²) in [6.45, 7) is 0.465. The number of hydrogen-bond donors (Lipinski definition) is 2. The summed E-state index contributed by atoms with van der Waals surface area (Å²) in [5.41, 5.74) is 3.08. The van der Waals surface area contributed by atoms with Gasteiger partial charge in [-0.3, -0.25) is 4.79 Å². The zero-order valence-corrected chi connectivity index (χ0v) is 7.75. The van der Waals surface area contributed by atoms with E-state index >= 15 is 0 Å². The van der Waals surface area contributed by atoms with E-state index in [9.17, 15) is 4.79 Å². The number of rotatable bonds is 3. The molecule has 0 aliphatic carbocycles. The summed E-state index contributed by atoms with van der Waals surface area (Å²) >= 11 is 0. The first kappa shape index (κ1) is 9.18. The summed E-state index contributed by atoms with van der Waals surface area (Å²) in [5.74, 6) is 5.02. The van der Waals surface area contributed by atoms with Crippen LogP contribution in [0.4, 0.5) is 5.69 Å². The van der Waals surface area contributed by atoms with Gasteiger partial charge in [-0.15, -0.1) is 0 Å². The highest BCUT2D eigenvalue weighted by Crippen LogP contribution is 2.27. The second kappa shape index (κ2) is 3.77. The van der Waals surface area contributed by atoms with Crippen molar-refractivity contribution < 1.29 is 9.63 Å². The molecule has 1 aliphatic rings. The van der Waals surface area contributed by atoms with Crippen LogP contribution in [0, 0.1) is 0 Å². The first-order valence-electron chi connectivity index (χ1n) is 4.53. The minimum atomic E-state index is 0.0566. The highest BCUT2D eigenvalue weighted by atomic mass is 16.6. The summed E-state index contributed by atoms with van der Waals surface area (Å²) in [6.07, 6.45) is 1.20. The molecule has 0 aromatic heterocycles. The smallest absolute Gasteiger partial charge is 0.228 e. The molecule has 1 aliphatic heterocycles. The number of carbonyl (C=O) groups excluding carboxylic acids is 1. The summed E-state index contributed by atoms with van der Waals surface area (Å²) < 4.78 is 0. The Morgan fingerprint density at radius 3 is 3.14 bits per heavy atom. The SMILES string of the molecule is NOCCc1cccc2c1NC(=O)C2. The van der Waals surface area contributed by atoms with Gasteiger partial charge in [0.1, 0.15) is 0 Å². The normalized spacial score (nSPS) is 13.9. The fraction of sp³-hybridized carbons (Fsp3) is 0.300. The summed E-state index contributed by atoms with van der Waals surface area (Å²) in [4.78, 5) is 15.7. The fourth-order valence-electron chi connectivity index (χ4n) is 1.69. The summed E-state index contributed by atoms with van der Waals surface area (Å²) in [6, 6.07) is 5.88. The van der Waals surface area contributed by atoms with Crippen LogP contribution in [-0.2, 0) is 22.5 Å². The van der Waals surface area contributed by atoms with Crippen molar-refractivity contribution in [2.45, 2.75) is 12.8 Å². The van der Waals surface area contributed by atoms with Crippen LogP contribution in [0.2, 0.25) is 0 Å². The molecule has 1 amide bonds. The number of hydrogen-bond acceptors (Lipinski definition) is 3. The van der Waals surface area contributed by atoms with E-state index in [1.54, 1.807) is 0 Å². The molecule has 4 nitrogen and oxygen atoms in total. The Morgan fingerprint density at radius 2 is 2.36 bits per heavy atom. The van der Waals surface area contributed by atoms with Crippen molar-refractivity contribution in [1.82, 2.24) is 0 Å². The topological polar surface area (TPSA) is 64.3 Å². The first-order valence-corrected chi connectivity index (χ1v) is 4.53. The summed E-state index contributed by atoms with van der Waals surface area (Å²) in [7, 11) is 0. The molecule has 3 N–H and O–H groups in total. The third-order valence-corrected chi connectivity index (χ3v) is 2.34. The van der Waals surface area contributed by atoms with E-state index in [4.69, 9.17) is 5.90 Å². The van der Waals surface area contributed by atoms with Gasteiger partial charge in [0.05, 0.1) is 13.0 Å². The van der Waals surface area contributed by atoms with Gasteiger partial charge in [0.15, 0.2) is 0 Å². The molecular formula is C10H12N2O2. The molecule has 0 spiro atoms. The predicted molar refractivity (Wildman–Crippen MR) is 52.6 cm³/mol. The zero-order valence-electron chi connectivity index (χ0n) is 7.75. The largest absolute Gasteiger partial charge is 0.325 e. The Balaban J connectivity index is 2.25. The van der Waals surface area contributed by atoms with Crippen LogP contribution in [0.5, 0.6) is 0 Å². The molecule has 0 unspecified atom stereocenters. The average Bonchev–Trinajstić information content (AvgIpc) is 2.55. The van der Waals surface area contributed by atoms with Gasteiger partial charge < -0.3 is 10.2 Å². The van der Waals surface area contributed by atoms with Gasteiger partial charge in [-0.05, 0) is 17.5 Å². The van der Waals surface area contributed by atoms with Gasteiger partial charge in [-0.1, -0.05) is 18.2 Å². The van der Waals surface area contributed by atoms with E-state index in [0.717, 1.165) is 23.2 Å². The number of anilines is 1. The Morgan fingerprint density at radius 1 is 1.50 bits per heavy atom. The van der Waals surface area contributed by atoms with Crippen LogP contribution in [0.15, 0.2) is 18.2 Å². The Kier molecular flexibility index (Phi) is 2.47. The maximum Gasteiger partial charge on any atom is 0.228 e. The Hall–Kier alpha value is -1.39. The minimum absolute atomic E-state index is 0.0566. The molecule has 14 heavy (non-hydrogen) atoms. The molecule has 2 rings (SSSR count). The van der Waals surface area contributed by atoms with Crippen molar-refractivity contribution >= 4 is 11.6 Å². The molecule has 0 atom stereocenters. The van der Waals surface area contributed by atoms with E-state index in [2.05, 4.69) is 10.2 Å². The van der Waals surface area contributed by atoms with Gasteiger partial charge in [0.25, 0.3) is 0 Å². The molecule has 0 fully saturated rings. The molecule has 0 saturated carbocycles. The van der Waals surface area contributed by atoms with E-state index in [1.807, 2.05) is 18.2 Å². The van der Waals surface area contributed by atoms with Crippen molar-refractivity contribution in [2.24, 2.45) is 5.90 Å². The molecule has 1 heterocycles. The molecule has 1 aromatic rings. The summed E-state index contributed by atoms with van der Waals surface area (Å²) in [5, 5.41) is 2.84. The van der Waals surface area contributed by atoms with Gasteiger partial charge in [0, 0.05) is 5.69 Å². The maximum absolute atomic E-state index is 11.2.